The summed E-state index contributed by atoms with van der Waals surface area (Å²) in [6.07, 6.45) is 3.61. The maximum atomic E-state index is 11.8. The van der Waals surface area contributed by atoms with Crippen molar-refractivity contribution in [3.63, 3.8) is 0 Å². The van der Waals surface area contributed by atoms with Crippen molar-refractivity contribution in [1.82, 2.24) is 5.32 Å². The SMILES string of the molecule is COC(=O)C(NCC1CCCO1)C1CCSC1. The first-order chi connectivity index (χ1) is 8.31. The molecule has 0 aromatic heterocycles. The van der Waals surface area contributed by atoms with Gasteiger partial charge in [-0.3, -0.25) is 4.79 Å². The van der Waals surface area contributed by atoms with Gasteiger partial charge >= 0.3 is 5.97 Å². The van der Waals surface area contributed by atoms with Crippen LogP contribution in [-0.2, 0) is 14.3 Å². The molecule has 1 N–H and O–H groups in total. The Labute approximate surface area is 107 Å². The van der Waals surface area contributed by atoms with Crippen LogP contribution in [0.1, 0.15) is 19.3 Å². The van der Waals surface area contributed by atoms with Crippen LogP contribution in [0.5, 0.6) is 0 Å². The standard InChI is InChI=1S/C12H21NO3S/c1-15-12(14)11(9-4-6-17-8-9)13-7-10-3-2-5-16-10/h9-11,13H,2-8H2,1H3. The smallest absolute Gasteiger partial charge is 0.323 e. The Hall–Kier alpha value is -0.260. The molecule has 0 bridgehead atoms. The summed E-state index contributed by atoms with van der Waals surface area (Å²) in [7, 11) is 1.46. The van der Waals surface area contributed by atoms with E-state index in [4.69, 9.17) is 9.47 Å². The van der Waals surface area contributed by atoms with E-state index in [2.05, 4.69) is 5.32 Å². The van der Waals surface area contributed by atoms with Crippen molar-refractivity contribution in [3.8, 4) is 0 Å². The van der Waals surface area contributed by atoms with Gasteiger partial charge in [-0.05, 0) is 36.7 Å². The first-order valence-electron chi connectivity index (χ1n) is 6.32. The summed E-state index contributed by atoms with van der Waals surface area (Å²) >= 11 is 1.92. The maximum Gasteiger partial charge on any atom is 0.323 e. The molecule has 2 fully saturated rings. The summed E-state index contributed by atoms with van der Waals surface area (Å²) < 4.78 is 10.4. The van der Waals surface area contributed by atoms with Gasteiger partial charge in [-0.25, -0.2) is 0 Å². The Balaban J connectivity index is 1.83. The van der Waals surface area contributed by atoms with Crippen LogP contribution in [-0.4, -0.2) is 49.9 Å². The van der Waals surface area contributed by atoms with Crippen molar-refractivity contribution in [2.45, 2.75) is 31.4 Å². The molecule has 0 aliphatic carbocycles. The zero-order valence-electron chi connectivity index (χ0n) is 10.3. The van der Waals surface area contributed by atoms with Gasteiger partial charge in [0, 0.05) is 13.2 Å². The minimum Gasteiger partial charge on any atom is -0.468 e. The average Bonchev–Trinajstić information content (AvgIpc) is 3.01. The van der Waals surface area contributed by atoms with E-state index >= 15 is 0 Å². The Morgan fingerprint density at radius 2 is 2.47 bits per heavy atom. The fourth-order valence-electron chi connectivity index (χ4n) is 2.45. The quantitative estimate of drug-likeness (QED) is 0.748. The topological polar surface area (TPSA) is 47.6 Å². The summed E-state index contributed by atoms with van der Waals surface area (Å²) in [5.74, 6) is 2.49. The van der Waals surface area contributed by atoms with Crippen molar-refractivity contribution in [2.75, 3.05) is 31.8 Å². The van der Waals surface area contributed by atoms with Crippen LogP contribution in [0.25, 0.3) is 0 Å². The summed E-state index contributed by atoms with van der Waals surface area (Å²) in [5.41, 5.74) is 0. The fourth-order valence-corrected chi connectivity index (χ4v) is 3.75. The number of nitrogens with one attached hydrogen (secondary N) is 1. The van der Waals surface area contributed by atoms with Gasteiger partial charge in [0.25, 0.3) is 0 Å². The van der Waals surface area contributed by atoms with E-state index in [1.807, 2.05) is 11.8 Å². The molecule has 2 heterocycles. The van der Waals surface area contributed by atoms with Gasteiger partial charge in [-0.1, -0.05) is 0 Å². The third kappa shape index (κ3) is 3.60. The second kappa shape index (κ2) is 6.61. The third-order valence-electron chi connectivity index (χ3n) is 3.48. The maximum absolute atomic E-state index is 11.8. The first-order valence-corrected chi connectivity index (χ1v) is 7.47. The Morgan fingerprint density at radius 3 is 3.06 bits per heavy atom. The number of hydrogen-bond acceptors (Lipinski definition) is 5. The lowest BCUT2D eigenvalue weighted by Gasteiger charge is -2.23. The molecule has 0 aromatic rings. The molecule has 17 heavy (non-hydrogen) atoms. The number of carbonyl (C=O) groups excluding carboxylic acids is 1. The molecule has 2 aliphatic rings. The first kappa shape index (κ1) is 13.2. The molecule has 4 nitrogen and oxygen atoms in total. The van der Waals surface area contributed by atoms with Crippen molar-refractivity contribution in [1.29, 1.82) is 0 Å². The van der Waals surface area contributed by atoms with E-state index in [9.17, 15) is 4.79 Å². The van der Waals surface area contributed by atoms with Crippen molar-refractivity contribution < 1.29 is 14.3 Å². The molecule has 3 atom stereocenters. The molecule has 0 radical (unpaired) electrons. The lowest BCUT2D eigenvalue weighted by Crippen LogP contribution is -2.46. The van der Waals surface area contributed by atoms with Gasteiger partial charge in [0.15, 0.2) is 0 Å². The second-order valence-corrected chi connectivity index (χ2v) is 5.82. The van der Waals surface area contributed by atoms with Gasteiger partial charge in [0.1, 0.15) is 6.04 Å². The van der Waals surface area contributed by atoms with E-state index in [1.165, 1.54) is 7.11 Å². The Bertz CT molecular complexity index is 250. The lowest BCUT2D eigenvalue weighted by molar-refractivity contribution is -0.144. The summed E-state index contributed by atoms with van der Waals surface area (Å²) in [6, 6.07) is -0.154. The number of methoxy groups -OCH3 is 1. The number of carbonyl (C=O) groups is 1. The van der Waals surface area contributed by atoms with Crippen LogP contribution in [0.3, 0.4) is 0 Å². The zero-order chi connectivity index (χ0) is 12.1. The zero-order valence-corrected chi connectivity index (χ0v) is 11.1. The molecule has 2 aliphatic heterocycles. The molecule has 3 unspecified atom stereocenters. The van der Waals surface area contributed by atoms with E-state index < -0.39 is 0 Å². The number of esters is 1. The largest absolute Gasteiger partial charge is 0.468 e. The van der Waals surface area contributed by atoms with Crippen LogP contribution < -0.4 is 5.32 Å². The van der Waals surface area contributed by atoms with Crippen molar-refractivity contribution in [3.05, 3.63) is 0 Å². The minimum absolute atomic E-state index is 0.129. The molecule has 98 valence electrons. The highest BCUT2D eigenvalue weighted by Crippen LogP contribution is 2.27. The highest BCUT2D eigenvalue weighted by molar-refractivity contribution is 7.99. The Morgan fingerprint density at radius 1 is 1.59 bits per heavy atom. The molecule has 0 saturated carbocycles. The van der Waals surface area contributed by atoms with Crippen molar-refractivity contribution in [2.24, 2.45) is 5.92 Å². The molecule has 0 aromatic carbocycles. The van der Waals surface area contributed by atoms with Gasteiger partial charge in [0.2, 0.25) is 0 Å². The lowest BCUT2D eigenvalue weighted by atomic mass is 9.99. The van der Waals surface area contributed by atoms with Crippen LogP contribution in [0.2, 0.25) is 0 Å². The summed E-state index contributed by atoms with van der Waals surface area (Å²) in [5, 5.41) is 3.34. The van der Waals surface area contributed by atoms with Crippen LogP contribution in [0.15, 0.2) is 0 Å². The van der Waals surface area contributed by atoms with E-state index in [0.717, 1.165) is 43.9 Å². The number of thioether (sulfide) groups is 1. The molecule has 0 amide bonds. The van der Waals surface area contributed by atoms with Crippen LogP contribution >= 0.6 is 11.8 Å². The molecule has 0 spiro atoms. The normalized spacial score (nSPS) is 30.4. The van der Waals surface area contributed by atoms with Crippen LogP contribution in [0.4, 0.5) is 0 Å². The predicted octanol–water partition coefficient (Wildman–Crippen LogP) is 1.05. The monoisotopic (exact) mass is 259 g/mol. The van der Waals surface area contributed by atoms with Gasteiger partial charge < -0.3 is 14.8 Å². The van der Waals surface area contributed by atoms with Gasteiger partial charge in [0.05, 0.1) is 13.2 Å². The molecule has 2 saturated heterocycles. The number of ether oxygens (including phenoxy) is 2. The second-order valence-electron chi connectivity index (χ2n) is 4.67. The molecule has 2 rings (SSSR count). The highest BCUT2D eigenvalue weighted by Gasteiger charge is 2.32. The molecule has 5 heteroatoms. The number of rotatable bonds is 5. The van der Waals surface area contributed by atoms with Gasteiger partial charge in [-0.15, -0.1) is 0 Å². The molecular weight excluding hydrogens is 238 g/mol. The number of hydrogen-bond donors (Lipinski definition) is 1. The third-order valence-corrected chi connectivity index (χ3v) is 4.67. The van der Waals surface area contributed by atoms with E-state index in [-0.39, 0.29) is 18.1 Å². The Kier molecular flexibility index (Phi) is 5.13. The molecular formula is C12H21NO3S. The highest BCUT2D eigenvalue weighted by atomic mass is 32.2. The van der Waals surface area contributed by atoms with E-state index in [0.29, 0.717) is 5.92 Å². The average molecular weight is 259 g/mol. The summed E-state index contributed by atoms with van der Waals surface area (Å²) in [4.78, 5) is 11.8. The van der Waals surface area contributed by atoms with Gasteiger partial charge in [-0.2, -0.15) is 11.8 Å². The van der Waals surface area contributed by atoms with E-state index in [1.54, 1.807) is 0 Å². The van der Waals surface area contributed by atoms with Crippen LogP contribution in [0, 0.1) is 5.92 Å². The minimum atomic E-state index is -0.154. The van der Waals surface area contributed by atoms with Crippen molar-refractivity contribution >= 4 is 17.7 Å². The summed E-state index contributed by atoms with van der Waals surface area (Å²) in [6.45, 7) is 1.62. The fraction of sp³-hybridized carbons (Fsp3) is 0.917. The predicted molar refractivity (Wildman–Crippen MR) is 68.2 cm³/mol.